The lowest BCUT2D eigenvalue weighted by atomic mass is 10.1. The molecule has 1 atom stereocenters. The summed E-state index contributed by atoms with van der Waals surface area (Å²) in [5, 5.41) is 0. The molecule has 23 heavy (non-hydrogen) atoms. The number of carbonyl (C=O) groups excluding carboxylic acids is 2. The minimum absolute atomic E-state index is 0.112. The maximum absolute atomic E-state index is 12.5. The number of nitrogens with zero attached hydrogens (tertiary/aromatic N) is 1. The van der Waals surface area contributed by atoms with Crippen molar-refractivity contribution >= 4 is 17.7 Å². The summed E-state index contributed by atoms with van der Waals surface area (Å²) in [5.41, 5.74) is 8.24. The lowest BCUT2D eigenvalue weighted by molar-refractivity contribution is -0.119. The maximum atomic E-state index is 12.5. The van der Waals surface area contributed by atoms with E-state index < -0.39 is 18.0 Å². The number of fused-ring (bicyclic) bond motifs is 1. The number of ether oxygens (including phenoxy) is 1. The van der Waals surface area contributed by atoms with E-state index in [4.69, 9.17) is 10.5 Å². The third-order valence-corrected chi connectivity index (χ3v) is 3.88. The van der Waals surface area contributed by atoms with Crippen molar-refractivity contribution in [2.75, 3.05) is 4.90 Å². The molecule has 0 saturated carbocycles. The highest BCUT2D eigenvalue weighted by Crippen LogP contribution is 2.27. The Morgan fingerprint density at radius 2 is 1.83 bits per heavy atom. The Kier molecular flexibility index (Phi) is 4.39. The number of imide groups is 1. The van der Waals surface area contributed by atoms with Crippen LogP contribution < -0.4 is 10.6 Å². The predicted octanol–water partition coefficient (Wildman–Crippen LogP) is 2.63. The van der Waals surface area contributed by atoms with Crippen molar-refractivity contribution in [1.29, 1.82) is 0 Å². The van der Waals surface area contributed by atoms with Crippen LogP contribution in [0.1, 0.15) is 17.5 Å². The van der Waals surface area contributed by atoms with Crippen LogP contribution in [0, 0.1) is 0 Å². The van der Waals surface area contributed by atoms with Gasteiger partial charge in [0.25, 0.3) is 5.91 Å². The molecular weight excluding hydrogens is 292 g/mol. The largest absolute Gasteiger partial charge is 0.444 e. The molecule has 2 N–H and O–H groups in total. The third kappa shape index (κ3) is 3.24. The second-order valence-electron chi connectivity index (χ2n) is 5.49. The first kappa shape index (κ1) is 15.2. The summed E-state index contributed by atoms with van der Waals surface area (Å²) in [5.74, 6) is -0.423. The fraction of sp³-hybridized carbons (Fsp3) is 0.222. The zero-order valence-electron chi connectivity index (χ0n) is 12.6. The Bertz CT molecular complexity index is 715. The van der Waals surface area contributed by atoms with E-state index >= 15 is 0 Å². The molecule has 118 valence electrons. The fourth-order valence-electron chi connectivity index (χ4n) is 2.63. The van der Waals surface area contributed by atoms with Crippen molar-refractivity contribution in [1.82, 2.24) is 0 Å². The van der Waals surface area contributed by atoms with Crippen molar-refractivity contribution in [3.63, 3.8) is 0 Å². The summed E-state index contributed by atoms with van der Waals surface area (Å²) in [4.78, 5) is 26.0. The maximum Gasteiger partial charge on any atom is 0.421 e. The van der Waals surface area contributed by atoms with Crippen LogP contribution in [-0.4, -0.2) is 18.0 Å². The van der Waals surface area contributed by atoms with Gasteiger partial charge in [0.05, 0.1) is 11.7 Å². The molecule has 5 heteroatoms. The molecular formula is C18H18N2O3. The fourth-order valence-corrected chi connectivity index (χ4v) is 2.63. The van der Waals surface area contributed by atoms with Gasteiger partial charge in [-0.1, -0.05) is 48.5 Å². The topological polar surface area (TPSA) is 72.6 Å². The van der Waals surface area contributed by atoms with Crippen molar-refractivity contribution in [2.24, 2.45) is 5.73 Å². The number of carbonyl (C=O) groups is 2. The molecule has 0 saturated heterocycles. The van der Waals surface area contributed by atoms with E-state index in [9.17, 15) is 9.59 Å². The van der Waals surface area contributed by atoms with Crippen molar-refractivity contribution in [3.05, 3.63) is 65.7 Å². The number of para-hydroxylation sites is 1. The number of anilines is 1. The number of rotatable bonds is 2. The number of nitrogens with two attached hydrogens (primary N) is 1. The first-order valence-electron chi connectivity index (χ1n) is 7.55. The molecule has 1 heterocycles. The summed E-state index contributed by atoms with van der Waals surface area (Å²) in [6.07, 6.45) is 0.479. The second kappa shape index (κ2) is 6.62. The van der Waals surface area contributed by atoms with Crippen LogP contribution in [0.2, 0.25) is 0 Å². The lowest BCUT2D eigenvalue weighted by Gasteiger charge is -2.22. The van der Waals surface area contributed by atoms with Gasteiger partial charge in [0.2, 0.25) is 0 Å². The van der Waals surface area contributed by atoms with Gasteiger partial charge in [-0.3, -0.25) is 4.79 Å². The Morgan fingerprint density at radius 1 is 1.13 bits per heavy atom. The van der Waals surface area contributed by atoms with E-state index in [1.165, 1.54) is 0 Å². The molecule has 0 aromatic heterocycles. The average Bonchev–Trinajstić information content (AvgIpc) is 2.71. The van der Waals surface area contributed by atoms with Crippen LogP contribution in [-0.2, 0) is 22.6 Å². The summed E-state index contributed by atoms with van der Waals surface area (Å²) in [6, 6.07) is 16.0. The van der Waals surface area contributed by atoms with Gasteiger partial charge in [0.15, 0.2) is 0 Å². The molecule has 0 spiro atoms. The van der Waals surface area contributed by atoms with Crippen LogP contribution in [0.3, 0.4) is 0 Å². The first-order valence-corrected chi connectivity index (χ1v) is 7.55. The molecule has 2 aromatic carbocycles. The quantitative estimate of drug-likeness (QED) is 0.925. The predicted molar refractivity (Wildman–Crippen MR) is 86.9 cm³/mol. The van der Waals surface area contributed by atoms with Gasteiger partial charge < -0.3 is 10.5 Å². The smallest absolute Gasteiger partial charge is 0.421 e. The second-order valence-corrected chi connectivity index (χ2v) is 5.49. The van der Waals surface area contributed by atoms with Gasteiger partial charge in [0, 0.05) is 0 Å². The number of hydrogen-bond donors (Lipinski definition) is 1. The van der Waals surface area contributed by atoms with Crippen LogP contribution in [0.15, 0.2) is 54.6 Å². The van der Waals surface area contributed by atoms with Crippen molar-refractivity contribution in [2.45, 2.75) is 25.5 Å². The minimum atomic E-state index is -0.702. The standard InChI is InChI=1S/C18H18N2O3/c19-15-11-10-14-8-4-5-9-16(14)20(17(15)21)18(22)23-12-13-6-2-1-3-7-13/h1-9,15H,10-12,19H2/t15-/m0/s1. The van der Waals surface area contributed by atoms with E-state index in [0.717, 1.165) is 16.0 Å². The molecule has 2 amide bonds. The molecule has 5 nitrogen and oxygen atoms in total. The molecule has 0 radical (unpaired) electrons. The van der Waals surface area contributed by atoms with Gasteiger partial charge in [-0.25, -0.2) is 9.69 Å². The number of aryl methyl sites for hydroxylation is 1. The normalized spacial score (nSPS) is 17.3. The number of benzene rings is 2. The Balaban J connectivity index is 1.83. The molecule has 3 rings (SSSR count). The van der Waals surface area contributed by atoms with E-state index in [-0.39, 0.29) is 6.61 Å². The van der Waals surface area contributed by atoms with Gasteiger partial charge in [0.1, 0.15) is 6.61 Å². The summed E-state index contributed by atoms with van der Waals surface area (Å²) >= 11 is 0. The van der Waals surface area contributed by atoms with E-state index in [0.29, 0.717) is 18.5 Å². The zero-order valence-corrected chi connectivity index (χ0v) is 12.6. The Hall–Kier alpha value is -2.66. The Morgan fingerprint density at radius 3 is 2.61 bits per heavy atom. The van der Waals surface area contributed by atoms with E-state index in [2.05, 4.69) is 0 Å². The van der Waals surface area contributed by atoms with Crippen LogP contribution >= 0.6 is 0 Å². The highest BCUT2D eigenvalue weighted by molar-refractivity contribution is 6.15. The average molecular weight is 310 g/mol. The summed E-state index contributed by atoms with van der Waals surface area (Å²) in [6.45, 7) is 0.112. The monoisotopic (exact) mass is 310 g/mol. The van der Waals surface area contributed by atoms with Crippen molar-refractivity contribution in [3.8, 4) is 0 Å². The van der Waals surface area contributed by atoms with E-state index in [1.807, 2.05) is 42.5 Å². The highest BCUT2D eigenvalue weighted by Gasteiger charge is 2.33. The van der Waals surface area contributed by atoms with Gasteiger partial charge in [-0.15, -0.1) is 0 Å². The van der Waals surface area contributed by atoms with Gasteiger partial charge >= 0.3 is 6.09 Å². The molecule has 1 aliphatic heterocycles. The first-order chi connectivity index (χ1) is 11.2. The molecule has 0 unspecified atom stereocenters. The Labute approximate surface area is 134 Å². The SMILES string of the molecule is N[C@H]1CCc2ccccc2N(C(=O)OCc2ccccc2)C1=O. The minimum Gasteiger partial charge on any atom is -0.444 e. The third-order valence-electron chi connectivity index (χ3n) is 3.88. The number of amides is 2. The number of hydrogen-bond acceptors (Lipinski definition) is 4. The molecule has 2 aromatic rings. The molecule has 1 aliphatic rings. The van der Waals surface area contributed by atoms with Gasteiger partial charge in [-0.05, 0) is 30.0 Å². The van der Waals surface area contributed by atoms with E-state index in [1.54, 1.807) is 12.1 Å². The van der Waals surface area contributed by atoms with Crippen molar-refractivity contribution < 1.29 is 14.3 Å². The molecule has 0 bridgehead atoms. The molecule has 0 aliphatic carbocycles. The lowest BCUT2D eigenvalue weighted by Crippen LogP contribution is -2.46. The highest BCUT2D eigenvalue weighted by atomic mass is 16.6. The molecule has 0 fully saturated rings. The van der Waals surface area contributed by atoms with Crippen LogP contribution in [0.5, 0.6) is 0 Å². The summed E-state index contributed by atoms with van der Waals surface area (Å²) < 4.78 is 5.31. The van der Waals surface area contributed by atoms with Gasteiger partial charge in [-0.2, -0.15) is 0 Å². The zero-order chi connectivity index (χ0) is 16.2. The van der Waals surface area contributed by atoms with Crippen LogP contribution in [0.4, 0.5) is 10.5 Å². The summed E-state index contributed by atoms with van der Waals surface area (Å²) in [7, 11) is 0. The van der Waals surface area contributed by atoms with Crippen LogP contribution in [0.25, 0.3) is 0 Å².